The number of nitrogens with zero attached hydrogens (tertiary/aromatic N) is 3. The van der Waals surface area contributed by atoms with Gasteiger partial charge in [0.05, 0.1) is 35.4 Å². The number of hydrogen-bond acceptors (Lipinski definition) is 5. The monoisotopic (exact) mass is 351 g/mol. The average molecular weight is 351 g/mol. The highest BCUT2D eigenvalue weighted by Crippen LogP contribution is 2.28. The van der Waals surface area contributed by atoms with Crippen molar-refractivity contribution in [1.82, 2.24) is 9.55 Å². The van der Waals surface area contributed by atoms with Crippen LogP contribution in [-0.2, 0) is 4.74 Å². The van der Waals surface area contributed by atoms with E-state index in [-0.39, 0.29) is 16.9 Å². The van der Waals surface area contributed by atoms with E-state index in [1.807, 2.05) is 6.07 Å². The third kappa shape index (κ3) is 2.10. The highest BCUT2D eigenvalue weighted by Gasteiger charge is 2.30. The van der Waals surface area contributed by atoms with Gasteiger partial charge < -0.3 is 9.64 Å². The van der Waals surface area contributed by atoms with E-state index in [1.54, 1.807) is 12.1 Å². The molecule has 0 N–H and O–H groups in total. The second-order valence-corrected chi connectivity index (χ2v) is 6.37. The molecule has 26 heavy (non-hydrogen) atoms. The standard InChI is InChI=1S/C19H14FN3O3/c20-11-1-4-16-14(9-11)17(24)18-21-15-3-2-12(22-5-7-26-8-6-22)10-13(15)19(25)23(16)18/h1-4,9-10H,5-8H2. The summed E-state index contributed by atoms with van der Waals surface area (Å²) in [5.41, 5.74) is 1.60. The average Bonchev–Trinajstić information content (AvgIpc) is 2.94. The zero-order chi connectivity index (χ0) is 17.8. The van der Waals surface area contributed by atoms with Gasteiger partial charge in [-0.05, 0) is 36.4 Å². The highest BCUT2D eigenvalue weighted by atomic mass is 19.1. The first-order valence-corrected chi connectivity index (χ1v) is 8.37. The number of carbonyl (C=O) groups excluding carboxylic acids is 1. The van der Waals surface area contributed by atoms with E-state index in [1.165, 1.54) is 16.7 Å². The van der Waals surface area contributed by atoms with Gasteiger partial charge in [0.25, 0.3) is 5.56 Å². The zero-order valence-electron chi connectivity index (χ0n) is 13.7. The first kappa shape index (κ1) is 15.2. The van der Waals surface area contributed by atoms with E-state index < -0.39 is 11.6 Å². The van der Waals surface area contributed by atoms with Crippen LogP contribution in [0.1, 0.15) is 16.2 Å². The van der Waals surface area contributed by atoms with Crippen LogP contribution in [0.4, 0.5) is 10.1 Å². The topological polar surface area (TPSA) is 64.4 Å². The minimum Gasteiger partial charge on any atom is -0.378 e. The molecule has 3 aromatic rings. The fourth-order valence-electron chi connectivity index (χ4n) is 3.57. The number of anilines is 1. The molecule has 0 spiro atoms. The molecule has 7 heteroatoms. The first-order chi connectivity index (χ1) is 12.6. The molecular formula is C19H14FN3O3. The van der Waals surface area contributed by atoms with E-state index >= 15 is 0 Å². The molecular weight excluding hydrogens is 337 g/mol. The fraction of sp³-hybridized carbons (Fsp3) is 0.211. The van der Waals surface area contributed by atoms with Gasteiger partial charge in [-0.15, -0.1) is 0 Å². The van der Waals surface area contributed by atoms with Gasteiger partial charge >= 0.3 is 0 Å². The first-order valence-electron chi connectivity index (χ1n) is 8.37. The third-order valence-electron chi connectivity index (χ3n) is 4.88. The maximum Gasteiger partial charge on any atom is 0.266 e. The lowest BCUT2D eigenvalue weighted by Gasteiger charge is -2.28. The summed E-state index contributed by atoms with van der Waals surface area (Å²) in [5.74, 6) is -0.921. The van der Waals surface area contributed by atoms with Crippen molar-refractivity contribution in [3.05, 3.63) is 64.0 Å². The van der Waals surface area contributed by atoms with Crippen molar-refractivity contribution in [2.75, 3.05) is 31.2 Å². The summed E-state index contributed by atoms with van der Waals surface area (Å²) < 4.78 is 20.2. The van der Waals surface area contributed by atoms with Crippen molar-refractivity contribution >= 4 is 22.4 Å². The van der Waals surface area contributed by atoms with E-state index in [0.717, 1.165) is 24.8 Å². The van der Waals surface area contributed by atoms with Crippen LogP contribution in [0.2, 0.25) is 0 Å². The van der Waals surface area contributed by atoms with Crippen LogP contribution in [0, 0.1) is 5.82 Å². The van der Waals surface area contributed by atoms with E-state index in [9.17, 15) is 14.0 Å². The Morgan fingerprint density at radius 1 is 1.04 bits per heavy atom. The maximum atomic E-state index is 13.5. The van der Waals surface area contributed by atoms with Gasteiger partial charge in [-0.25, -0.2) is 9.37 Å². The molecule has 0 bridgehead atoms. The molecule has 0 amide bonds. The number of hydrogen-bond donors (Lipinski definition) is 0. The van der Waals surface area contributed by atoms with Crippen molar-refractivity contribution in [3.63, 3.8) is 0 Å². The molecule has 2 aromatic carbocycles. The second-order valence-electron chi connectivity index (χ2n) is 6.37. The van der Waals surface area contributed by atoms with E-state index in [0.29, 0.717) is 29.8 Å². The molecule has 0 unspecified atom stereocenters. The summed E-state index contributed by atoms with van der Waals surface area (Å²) in [6, 6.07) is 9.27. The summed E-state index contributed by atoms with van der Waals surface area (Å²) in [6.45, 7) is 2.80. The second kappa shape index (κ2) is 5.47. The smallest absolute Gasteiger partial charge is 0.266 e. The number of morpholine rings is 1. The zero-order valence-corrected chi connectivity index (χ0v) is 13.7. The Balaban J connectivity index is 1.73. The molecule has 0 aliphatic carbocycles. The SMILES string of the molecule is O=C1c2cc(F)ccc2-n2c1nc1ccc(N3CCOCC3)cc1c2=O. The molecule has 3 heterocycles. The molecule has 1 saturated heterocycles. The van der Waals surface area contributed by atoms with Crippen molar-refractivity contribution < 1.29 is 13.9 Å². The van der Waals surface area contributed by atoms with Gasteiger partial charge in [0.2, 0.25) is 5.78 Å². The Labute approximate surface area is 147 Å². The Hall–Kier alpha value is -3.06. The summed E-state index contributed by atoms with van der Waals surface area (Å²) >= 11 is 0. The quantitative estimate of drug-likeness (QED) is 0.524. The van der Waals surface area contributed by atoms with Crippen LogP contribution >= 0.6 is 0 Å². The van der Waals surface area contributed by atoms with Crippen molar-refractivity contribution in [2.24, 2.45) is 0 Å². The number of rotatable bonds is 1. The summed E-state index contributed by atoms with van der Waals surface area (Å²) in [4.78, 5) is 32.1. The molecule has 5 rings (SSSR count). The largest absolute Gasteiger partial charge is 0.378 e. The molecule has 0 saturated carbocycles. The predicted molar refractivity (Wildman–Crippen MR) is 93.8 cm³/mol. The molecule has 2 aliphatic rings. The minimum atomic E-state index is -0.517. The van der Waals surface area contributed by atoms with Crippen LogP contribution in [-0.4, -0.2) is 41.6 Å². The molecule has 2 aliphatic heterocycles. The number of benzene rings is 2. The third-order valence-corrected chi connectivity index (χ3v) is 4.88. The Morgan fingerprint density at radius 2 is 1.85 bits per heavy atom. The van der Waals surface area contributed by atoms with Gasteiger partial charge in [-0.2, -0.15) is 0 Å². The number of ketones is 1. The minimum absolute atomic E-state index is 0.0298. The molecule has 1 aromatic heterocycles. The normalized spacial score (nSPS) is 16.0. The summed E-state index contributed by atoms with van der Waals surface area (Å²) in [5, 5.41) is 0.433. The fourth-order valence-corrected chi connectivity index (χ4v) is 3.57. The molecule has 1 fully saturated rings. The van der Waals surface area contributed by atoms with Gasteiger partial charge in [0.1, 0.15) is 5.82 Å². The number of carbonyl (C=O) groups is 1. The lowest BCUT2D eigenvalue weighted by Crippen LogP contribution is -2.36. The van der Waals surface area contributed by atoms with Crippen LogP contribution in [0.15, 0.2) is 41.2 Å². The van der Waals surface area contributed by atoms with E-state index in [4.69, 9.17) is 4.74 Å². The molecule has 0 radical (unpaired) electrons. The van der Waals surface area contributed by atoms with Crippen LogP contribution in [0.3, 0.4) is 0 Å². The predicted octanol–water partition coefficient (Wildman–Crippen LogP) is 1.91. The van der Waals surface area contributed by atoms with Crippen LogP contribution in [0.25, 0.3) is 16.6 Å². The van der Waals surface area contributed by atoms with Gasteiger partial charge in [-0.3, -0.25) is 14.2 Å². The molecule has 6 nitrogen and oxygen atoms in total. The molecule has 0 atom stereocenters. The lowest BCUT2D eigenvalue weighted by molar-refractivity contribution is 0.103. The Bertz CT molecular complexity index is 1130. The van der Waals surface area contributed by atoms with Crippen LogP contribution in [0.5, 0.6) is 0 Å². The number of halogens is 1. The van der Waals surface area contributed by atoms with Crippen molar-refractivity contribution in [2.45, 2.75) is 0 Å². The van der Waals surface area contributed by atoms with Crippen molar-refractivity contribution in [1.29, 1.82) is 0 Å². The number of aromatic nitrogens is 2. The summed E-state index contributed by atoms with van der Waals surface area (Å²) in [6.07, 6.45) is 0. The maximum absolute atomic E-state index is 13.5. The summed E-state index contributed by atoms with van der Waals surface area (Å²) in [7, 11) is 0. The molecule has 130 valence electrons. The Kier molecular flexibility index (Phi) is 3.20. The number of fused-ring (bicyclic) bond motifs is 4. The Morgan fingerprint density at radius 3 is 2.65 bits per heavy atom. The number of ether oxygens (including phenoxy) is 1. The van der Waals surface area contributed by atoms with Crippen molar-refractivity contribution in [3.8, 4) is 5.69 Å². The van der Waals surface area contributed by atoms with Crippen LogP contribution < -0.4 is 10.5 Å². The lowest BCUT2D eigenvalue weighted by atomic mass is 10.1. The van der Waals surface area contributed by atoms with Gasteiger partial charge in [0, 0.05) is 18.8 Å². The van der Waals surface area contributed by atoms with E-state index in [2.05, 4.69) is 9.88 Å². The highest BCUT2D eigenvalue weighted by molar-refractivity contribution is 6.13. The van der Waals surface area contributed by atoms with Gasteiger partial charge in [0.15, 0.2) is 5.82 Å². The van der Waals surface area contributed by atoms with Gasteiger partial charge in [-0.1, -0.05) is 0 Å².